The lowest BCUT2D eigenvalue weighted by Crippen LogP contribution is -2.38. The number of carbonyl (C=O) groups is 1. The molecule has 0 saturated heterocycles. The Morgan fingerprint density at radius 3 is 1.61 bits per heavy atom. The van der Waals surface area contributed by atoms with Gasteiger partial charge in [-0.3, -0.25) is 0 Å². The van der Waals surface area contributed by atoms with E-state index >= 15 is 0 Å². The van der Waals surface area contributed by atoms with E-state index in [1.807, 2.05) is 21.1 Å². The van der Waals surface area contributed by atoms with E-state index in [9.17, 15) is 4.79 Å². The van der Waals surface area contributed by atoms with Gasteiger partial charge in [-0.1, -0.05) is 0 Å². The summed E-state index contributed by atoms with van der Waals surface area (Å²) in [7, 11) is 12.2. The SMILES string of the molecule is C[N+](C)(C)CCO.C[N+](C)(C)CCOC(=O)CO. The van der Waals surface area contributed by atoms with Crippen LogP contribution in [-0.2, 0) is 9.53 Å². The molecule has 6 nitrogen and oxygen atoms in total. The third kappa shape index (κ3) is 20.7. The van der Waals surface area contributed by atoms with Gasteiger partial charge in [-0.2, -0.15) is 0 Å². The minimum absolute atomic E-state index is 0.281. The molecule has 0 atom stereocenters. The van der Waals surface area contributed by atoms with Gasteiger partial charge in [0.15, 0.2) is 0 Å². The molecule has 0 aromatic rings. The molecule has 6 heteroatoms. The van der Waals surface area contributed by atoms with Gasteiger partial charge < -0.3 is 23.9 Å². The van der Waals surface area contributed by atoms with E-state index in [1.165, 1.54) is 0 Å². The Morgan fingerprint density at radius 2 is 1.39 bits per heavy atom. The van der Waals surface area contributed by atoms with Crippen molar-refractivity contribution >= 4 is 5.97 Å². The van der Waals surface area contributed by atoms with E-state index < -0.39 is 12.6 Å². The van der Waals surface area contributed by atoms with Gasteiger partial charge in [0.05, 0.1) is 48.9 Å². The third-order valence-electron chi connectivity index (χ3n) is 1.93. The van der Waals surface area contributed by atoms with E-state index in [2.05, 4.69) is 25.9 Å². The monoisotopic (exact) mass is 266 g/mol. The maximum Gasteiger partial charge on any atom is 0.332 e. The lowest BCUT2D eigenvalue weighted by molar-refractivity contribution is -0.870. The average molecular weight is 266 g/mol. The van der Waals surface area contributed by atoms with Gasteiger partial charge in [-0.25, -0.2) is 4.79 Å². The Kier molecular flexibility index (Phi) is 10.1. The summed E-state index contributed by atoms with van der Waals surface area (Å²) in [5.74, 6) is -0.557. The largest absolute Gasteiger partial charge is 0.458 e. The van der Waals surface area contributed by atoms with Crippen LogP contribution in [0, 0.1) is 0 Å². The lowest BCUT2D eigenvalue weighted by Gasteiger charge is -2.23. The van der Waals surface area contributed by atoms with Crippen LogP contribution in [0.3, 0.4) is 0 Å². The predicted molar refractivity (Wildman–Crippen MR) is 70.9 cm³/mol. The van der Waals surface area contributed by atoms with Crippen molar-refractivity contribution in [3.8, 4) is 0 Å². The zero-order valence-corrected chi connectivity index (χ0v) is 12.6. The number of carbonyl (C=O) groups excluding carboxylic acids is 1. The van der Waals surface area contributed by atoms with Gasteiger partial charge in [0.2, 0.25) is 0 Å². The Labute approximate surface area is 111 Å². The number of hydrogen-bond acceptors (Lipinski definition) is 4. The molecule has 0 heterocycles. The summed E-state index contributed by atoms with van der Waals surface area (Å²) in [4.78, 5) is 10.4. The van der Waals surface area contributed by atoms with Gasteiger partial charge in [0.1, 0.15) is 26.3 Å². The summed E-state index contributed by atoms with van der Waals surface area (Å²) in [5.41, 5.74) is 0. The maximum absolute atomic E-state index is 10.4. The molecule has 0 amide bonds. The summed E-state index contributed by atoms with van der Waals surface area (Å²) in [6, 6.07) is 0. The topological polar surface area (TPSA) is 66.8 Å². The number of aliphatic hydroxyl groups excluding tert-OH is 2. The Bertz CT molecular complexity index is 219. The molecule has 0 aliphatic heterocycles. The van der Waals surface area contributed by atoms with Crippen molar-refractivity contribution < 1.29 is 28.7 Å². The zero-order valence-electron chi connectivity index (χ0n) is 12.6. The second-order valence-corrected chi connectivity index (χ2v) is 6.13. The van der Waals surface area contributed by atoms with Crippen molar-refractivity contribution in [1.82, 2.24) is 0 Å². The Morgan fingerprint density at radius 1 is 0.944 bits per heavy atom. The standard InChI is InChI=1S/C7H16NO3.C5H14NO/c1-8(2,3)4-5-11-7(10)6-9;1-6(2,3)4-5-7/h9H,4-6H2,1-3H3;7H,4-5H2,1-3H3/q2*+1. The first-order valence-corrected chi connectivity index (χ1v) is 6.00. The van der Waals surface area contributed by atoms with Crippen LogP contribution in [0.15, 0.2) is 0 Å². The molecular formula is C12H30N2O4+2. The third-order valence-corrected chi connectivity index (χ3v) is 1.93. The molecule has 0 bridgehead atoms. The summed E-state index contributed by atoms with van der Waals surface area (Å²) >= 11 is 0. The second kappa shape index (κ2) is 9.27. The number of nitrogens with zero attached hydrogens (tertiary/aromatic N) is 2. The maximum atomic E-state index is 10.4. The molecule has 0 aliphatic rings. The molecular weight excluding hydrogens is 236 g/mol. The molecule has 0 rings (SSSR count). The normalized spacial score (nSPS) is 11.6. The molecule has 18 heavy (non-hydrogen) atoms. The van der Waals surface area contributed by atoms with E-state index in [0.717, 1.165) is 22.1 Å². The van der Waals surface area contributed by atoms with Crippen LogP contribution in [0.5, 0.6) is 0 Å². The highest BCUT2D eigenvalue weighted by molar-refractivity contribution is 5.70. The van der Waals surface area contributed by atoms with Crippen molar-refractivity contribution in [1.29, 1.82) is 0 Å². The summed E-state index contributed by atoms with van der Waals surface area (Å²) in [6.07, 6.45) is 0. The van der Waals surface area contributed by atoms with E-state index in [-0.39, 0.29) is 6.61 Å². The molecule has 0 fully saturated rings. The fourth-order valence-electron chi connectivity index (χ4n) is 0.779. The van der Waals surface area contributed by atoms with Crippen LogP contribution in [0.1, 0.15) is 0 Å². The fraction of sp³-hybridized carbons (Fsp3) is 0.917. The van der Waals surface area contributed by atoms with Crippen LogP contribution in [0.4, 0.5) is 0 Å². The first-order chi connectivity index (χ1) is 8.02. The number of aliphatic hydroxyl groups is 2. The van der Waals surface area contributed by atoms with Crippen molar-refractivity contribution in [3.63, 3.8) is 0 Å². The van der Waals surface area contributed by atoms with Gasteiger partial charge in [0.25, 0.3) is 0 Å². The van der Waals surface area contributed by atoms with Crippen LogP contribution in [0.2, 0.25) is 0 Å². The van der Waals surface area contributed by atoms with Crippen molar-refractivity contribution in [3.05, 3.63) is 0 Å². The van der Waals surface area contributed by atoms with Crippen molar-refractivity contribution in [2.45, 2.75) is 0 Å². The van der Waals surface area contributed by atoms with Crippen LogP contribution in [0.25, 0.3) is 0 Å². The minimum atomic E-state index is -0.557. The minimum Gasteiger partial charge on any atom is -0.458 e. The molecule has 110 valence electrons. The van der Waals surface area contributed by atoms with Gasteiger partial charge in [0, 0.05) is 0 Å². The van der Waals surface area contributed by atoms with Crippen molar-refractivity contribution in [2.75, 3.05) is 75.2 Å². The number of ether oxygens (including phenoxy) is 1. The van der Waals surface area contributed by atoms with E-state index in [1.54, 1.807) is 0 Å². The molecule has 0 radical (unpaired) electrons. The molecule has 0 aliphatic carbocycles. The smallest absolute Gasteiger partial charge is 0.332 e. The fourth-order valence-corrected chi connectivity index (χ4v) is 0.779. The van der Waals surface area contributed by atoms with Crippen LogP contribution >= 0.6 is 0 Å². The molecule has 0 aromatic carbocycles. The number of likely N-dealkylation sites (N-methyl/N-ethyl adjacent to an activating group) is 2. The first-order valence-electron chi connectivity index (χ1n) is 6.00. The number of esters is 1. The zero-order chi connectivity index (χ0) is 14.8. The summed E-state index contributed by atoms with van der Waals surface area (Å²) in [5, 5.41) is 16.7. The summed E-state index contributed by atoms with van der Waals surface area (Å²) in [6.45, 7) is 1.70. The molecule has 0 aromatic heterocycles. The van der Waals surface area contributed by atoms with E-state index in [0.29, 0.717) is 6.61 Å². The first kappa shape index (κ1) is 19.6. The highest BCUT2D eigenvalue weighted by atomic mass is 16.5. The van der Waals surface area contributed by atoms with Crippen LogP contribution in [-0.4, -0.2) is 100 Å². The highest BCUT2D eigenvalue weighted by Gasteiger charge is 2.07. The second-order valence-electron chi connectivity index (χ2n) is 6.13. The quantitative estimate of drug-likeness (QED) is 0.474. The van der Waals surface area contributed by atoms with Gasteiger partial charge in [-0.05, 0) is 0 Å². The van der Waals surface area contributed by atoms with Crippen LogP contribution < -0.4 is 0 Å². The van der Waals surface area contributed by atoms with Gasteiger partial charge in [-0.15, -0.1) is 0 Å². The molecule has 0 saturated carbocycles. The lowest BCUT2D eigenvalue weighted by atomic mass is 10.5. The Balaban J connectivity index is 0. The Hall–Kier alpha value is -0.690. The number of rotatable bonds is 6. The molecule has 0 spiro atoms. The highest BCUT2D eigenvalue weighted by Crippen LogP contribution is 1.89. The van der Waals surface area contributed by atoms with Gasteiger partial charge >= 0.3 is 5.97 Å². The predicted octanol–water partition coefficient (Wildman–Crippen LogP) is -1.09. The average Bonchev–Trinajstić information content (AvgIpc) is 2.14. The number of hydrogen-bond donors (Lipinski definition) is 2. The van der Waals surface area contributed by atoms with Crippen molar-refractivity contribution in [2.24, 2.45) is 0 Å². The van der Waals surface area contributed by atoms with E-state index in [4.69, 9.17) is 10.2 Å². The number of quaternary nitrogens is 2. The molecule has 0 unspecified atom stereocenters. The molecule has 2 N–H and O–H groups in total. The summed E-state index contributed by atoms with van der Waals surface area (Å²) < 4.78 is 6.26.